The molecule has 4 aliphatic carbocycles. The van der Waals surface area contributed by atoms with Crippen LogP contribution in [0.2, 0.25) is 0 Å². The van der Waals surface area contributed by atoms with Gasteiger partial charge >= 0.3 is 0 Å². The van der Waals surface area contributed by atoms with Crippen LogP contribution in [-0.4, -0.2) is 34.5 Å². The minimum Gasteiger partial charge on any atom is -0.393 e. The number of hydrogen-bond donors (Lipinski definition) is 1. The standard InChI is InChI=1S/C21H26O4/c1-11(22)21-17(25-21)9-15-14-5-4-12-8-13(23)6-7-19(12,2)18(14)16(24)10-20(15,21)3/h6-8,14-18,24H,4-5,9-10H2,1-3H3/t14-,15-,16+,17+,18?,19-,20-,21+/m0/s1. The summed E-state index contributed by atoms with van der Waals surface area (Å²) in [5.41, 5.74) is 0.00769. The molecule has 1 aliphatic heterocycles. The van der Waals surface area contributed by atoms with Crippen molar-refractivity contribution in [2.75, 3.05) is 0 Å². The van der Waals surface area contributed by atoms with Crippen molar-refractivity contribution in [1.82, 2.24) is 0 Å². The predicted molar refractivity (Wildman–Crippen MR) is 91.7 cm³/mol. The molecule has 0 aromatic rings. The Hall–Kier alpha value is -1.26. The number of Topliss-reactive ketones (excluding diaryl/α,β-unsaturated/α-hetero) is 1. The van der Waals surface area contributed by atoms with Gasteiger partial charge < -0.3 is 9.84 Å². The van der Waals surface area contributed by atoms with Gasteiger partial charge in [-0.05, 0) is 56.6 Å². The van der Waals surface area contributed by atoms with E-state index < -0.39 is 11.7 Å². The van der Waals surface area contributed by atoms with Gasteiger partial charge in [-0.1, -0.05) is 25.5 Å². The highest BCUT2D eigenvalue weighted by Gasteiger charge is 2.80. The molecular formula is C21H26O4. The minimum absolute atomic E-state index is 0.0409. The van der Waals surface area contributed by atoms with Crippen molar-refractivity contribution >= 4 is 11.6 Å². The lowest BCUT2D eigenvalue weighted by Gasteiger charge is -2.59. The highest BCUT2D eigenvalue weighted by Crippen LogP contribution is 2.73. The molecule has 4 heteroatoms. The lowest BCUT2D eigenvalue weighted by atomic mass is 9.46. The summed E-state index contributed by atoms with van der Waals surface area (Å²) in [5, 5.41) is 11.2. The quantitative estimate of drug-likeness (QED) is 0.744. The summed E-state index contributed by atoms with van der Waals surface area (Å²) in [7, 11) is 0. The van der Waals surface area contributed by atoms with Crippen LogP contribution in [0.25, 0.3) is 0 Å². The van der Waals surface area contributed by atoms with Gasteiger partial charge in [0.25, 0.3) is 0 Å². The number of hydrogen-bond acceptors (Lipinski definition) is 4. The van der Waals surface area contributed by atoms with Crippen molar-refractivity contribution in [3.05, 3.63) is 23.8 Å². The minimum atomic E-state index is -0.654. The molecule has 4 fully saturated rings. The molecule has 0 bridgehead atoms. The Balaban J connectivity index is 1.57. The molecule has 1 unspecified atom stereocenters. The SMILES string of the molecule is CC(=O)[C@@]12O[C@@H]1C[C@H]1[C@@H]3CCC4=CC(=O)C=C[C@]4(C)C3[C@H](O)C[C@@]12C. The van der Waals surface area contributed by atoms with Gasteiger partial charge in [-0.25, -0.2) is 0 Å². The Bertz CT molecular complexity index is 751. The van der Waals surface area contributed by atoms with Crippen LogP contribution in [0.1, 0.15) is 46.5 Å². The summed E-state index contributed by atoms with van der Waals surface area (Å²) < 4.78 is 5.92. The average Bonchev–Trinajstić information content (AvgIpc) is 3.22. The predicted octanol–water partition coefficient (Wildman–Crippen LogP) is 2.60. The summed E-state index contributed by atoms with van der Waals surface area (Å²) in [6.45, 7) is 5.99. The molecule has 134 valence electrons. The number of ether oxygens (including phenoxy) is 1. The molecule has 5 rings (SSSR count). The number of allylic oxidation sites excluding steroid dienone is 4. The normalized spacial score (nSPS) is 55.6. The van der Waals surface area contributed by atoms with Crippen LogP contribution in [0.5, 0.6) is 0 Å². The van der Waals surface area contributed by atoms with Crippen LogP contribution < -0.4 is 0 Å². The molecule has 25 heavy (non-hydrogen) atoms. The van der Waals surface area contributed by atoms with E-state index in [2.05, 4.69) is 13.8 Å². The van der Waals surface area contributed by atoms with Crippen molar-refractivity contribution in [2.24, 2.45) is 28.6 Å². The van der Waals surface area contributed by atoms with Crippen LogP contribution >= 0.6 is 0 Å². The zero-order valence-electron chi connectivity index (χ0n) is 15.1. The monoisotopic (exact) mass is 342 g/mol. The number of rotatable bonds is 1. The Kier molecular flexibility index (Phi) is 2.89. The lowest BCUT2D eigenvalue weighted by Crippen LogP contribution is -2.59. The van der Waals surface area contributed by atoms with E-state index in [0.29, 0.717) is 18.3 Å². The van der Waals surface area contributed by atoms with E-state index in [1.54, 1.807) is 19.1 Å². The van der Waals surface area contributed by atoms with E-state index in [4.69, 9.17) is 4.74 Å². The van der Waals surface area contributed by atoms with Crippen LogP contribution in [0.4, 0.5) is 0 Å². The molecule has 5 aliphatic rings. The van der Waals surface area contributed by atoms with E-state index in [0.717, 1.165) is 19.3 Å². The number of ketones is 2. The van der Waals surface area contributed by atoms with E-state index in [1.807, 2.05) is 6.08 Å². The highest BCUT2D eigenvalue weighted by molar-refractivity contribution is 6.01. The largest absolute Gasteiger partial charge is 0.393 e. The maximum absolute atomic E-state index is 12.4. The molecule has 8 atom stereocenters. The summed E-state index contributed by atoms with van der Waals surface area (Å²) >= 11 is 0. The fourth-order valence-corrected chi connectivity index (χ4v) is 7.38. The van der Waals surface area contributed by atoms with Crippen LogP contribution in [0.15, 0.2) is 23.8 Å². The molecule has 0 spiro atoms. The Morgan fingerprint density at radius 1 is 1.36 bits per heavy atom. The molecule has 0 radical (unpaired) electrons. The smallest absolute Gasteiger partial charge is 0.178 e. The second-order valence-electron chi connectivity index (χ2n) is 9.35. The summed E-state index contributed by atoms with van der Waals surface area (Å²) in [6.07, 6.45) is 8.48. The first-order chi connectivity index (χ1) is 11.7. The first-order valence-corrected chi connectivity index (χ1v) is 9.55. The van der Waals surface area contributed by atoms with Crippen molar-refractivity contribution in [2.45, 2.75) is 64.3 Å². The van der Waals surface area contributed by atoms with Crippen molar-refractivity contribution in [3.8, 4) is 0 Å². The highest BCUT2D eigenvalue weighted by atomic mass is 16.6. The third kappa shape index (κ3) is 1.66. The second-order valence-corrected chi connectivity index (χ2v) is 9.35. The Morgan fingerprint density at radius 2 is 2.12 bits per heavy atom. The zero-order chi connectivity index (χ0) is 17.8. The van der Waals surface area contributed by atoms with E-state index in [-0.39, 0.29) is 34.4 Å². The Morgan fingerprint density at radius 3 is 2.84 bits per heavy atom. The number of carbonyl (C=O) groups excluding carboxylic acids is 2. The summed E-state index contributed by atoms with van der Waals surface area (Å²) in [6, 6.07) is 0. The van der Waals surface area contributed by atoms with E-state index in [9.17, 15) is 14.7 Å². The van der Waals surface area contributed by atoms with Crippen LogP contribution in [-0.2, 0) is 14.3 Å². The number of epoxide rings is 1. The van der Waals surface area contributed by atoms with Crippen molar-refractivity contribution < 1.29 is 19.4 Å². The number of carbonyl (C=O) groups is 2. The van der Waals surface area contributed by atoms with Gasteiger partial charge in [0.15, 0.2) is 17.2 Å². The van der Waals surface area contributed by atoms with E-state index in [1.165, 1.54) is 5.57 Å². The molecule has 3 saturated carbocycles. The fraction of sp³-hybridized carbons (Fsp3) is 0.714. The van der Waals surface area contributed by atoms with Crippen LogP contribution in [0, 0.1) is 28.6 Å². The second kappa shape index (κ2) is 4.52. The maximum atomic E-state index is 12.4. The third-order valence-electron chi connectivity index (χ3n) is 8.45. The molecule has 1 heterocycles. The third-order valence-corrected chi connectivity index (χ3v) is 8.45. The maximum Gasteiger partial charge on any atom is 0.178 e. The molecule has 0 aromatic carbocycles. The summed E-state index contributed by atoms with van der Waals surface area (Å²) in [5.74, 6) is 1.09. The van der Waals surface area contributed by atoms with Crippen LogP contribution in [0.3, 0.4) is 0 Å². The van der Waals surface area contributed by atoms with Gasteiger partial charge in [-0.3, -0.25) is 9.59 Å². The van der Waals surface area contributed by atoms with Crippen molar-refractivity contribution in [3.63, 3.8) is 0 Å². The molecule has 1 N–H and O–H groups in total. The molecule has 4 nitrogen and oxygen atoms in total. The number of fused-ring (bicyclic) bond motifs is 7. The topological polar surface area (TPSA) is 66.9 Å². The van der Waals surface area contributed by atoms with Gasteiger partial charge in [-0.15, -0.1) is 0 Å². The first kappa shape index (κ1) is 16.0. The Labute approximate surface area is 148 Å². The lowest BCUT2D eigenvalue weighted by molar-refractivity contribution is -0.152. The molecular weight excluding hydrogens is 316 g/mol. The van der Waals surface area contributed by atoms with Crippen molar-refractivity contribution in [1.29, 1.82) is 0 Å². The molecule has 0 aromatic heterocycles. The summed E-state index contributed by atoms with van der Waals surface area (Å²) in [4.78, 5) is 24.2. The van der Waals surface area contributed by atoms with Gasteiger partial charge in [0, 0.05) is 16.7 Å². The zero-order valence-corrected chi connectivity index (χ0v) is 15.1. The number of aliphatic hydroxyl groups is 1. The van der Waals surface area contributed by atoms with Gasteiger partial charge in [0.1, 0.15) is 0 Å². The van der Waals surface area contributed by atoms with Gasteiger partial charge in [0.05, 0.1) is 12.2 Å². The molecule has 0 amide bonds. The molecule has 1 saturated heterocycles. The fourth-order valence-electron chi connectivity index (χ4n) is 7.38. The van der Waals surface area contributed by atoms with Gasteiger partial charge in [-0.2, -0.15) is 0 Å². The van der Waals surface area contributed by atoms with E-state index >= 15 is 0 Å². The average molecular weight is 342 g/mol. The number of aliphatic hydroxyl groups excluding tert-OH is 1. The van der Waals surface area contributed by atoms with Gasteiger partial charge in [0.2, 0.25) is 0 Å². The first-order valence-electron chi connectivity index (χ1n) is 9.55.